The first-order valence-electron chi connectivity index (χ1n) is 10.1. The van der Waals surface area contributed by atoms with Crippen molar-refractivity contribution in [2.24, 2.45) is 11.8 Å². The lowest BCUT2D eigenvalue weighted by molar-refractivity contribution is -0.139. The smallest absolute Gasteiger partial charge is 0.396 e. The summed E-state index contributed by atoms with van der Waals surface area (Å²) in [6, 6.07) is 4.16. The molecule has 1 atom stereocenters. The van der Waals surface area contributed by atoms with Crippen LogP contribution in [0.3, 0.4) is 0 Å². The molecule has 0 aliphatic heterocycles. The van der Waals surface area contributed by atoms with E-state index in [2.05, 4.69) is 10.3 Å². The molecule has 1 aromatic heterocycles. The minimum absolute atomic E-state index is 0.00535. The van der Waals surface area contributed by atoms with Crippen LogP contribution in [0.5, 0.6) is 0 Å². The van der Waals surface area contributed by atoms with Crippen LogP contribution in [0.1, 0.15) is 54.1 Å². The second kappa shape index (κ2) is 9.48. The molecule has 0 bridgehead atoms. The number of halogens is 6. The van der Waals surface area contributed by atoms with Crippen molar-refractivity contribution in [3.63, 3.8) is 0 Å². The van der Waals surface area contributed by atoms with Crippen molar-refractivity contribution in [3.05, 3.63) is 65.0 Å². The molecule has 0 spiro atoms. The van der Waals surface area contributed by atoms with Crippen LogP contribution in [0.4, 0.5) is 26.3 Å². The standard InChI is InChI=1S/C22H22F6N2O2/c23-21(24,25)16-9-7-14(8-10-16)18(19-17(22(26,27)28)2-1-11-29-19)30-20(32)15-5-3-13(12-31)4-6-15/h1-2,7-11,13,15,18,31H,3-6,12H2,(H,30,32)/t13?,15?,18-/m0/s1. The highest BCUT2D eigenvalue weighted by Crippen LogP contribution is 2.37. The number of carbonyl (C=O) groups excluding carboxylic acids is 1. The molecule has 1 aliphatic rings. The first kappa shape index (κ1) is 24.0. The molecule has 4 nitrogen and oxygen atoms in total. The number of hydrogen-bond donors (Lipinski definition) is 2. The third-order valence-corrected chi connectivity index (χ3v) is 5.75. The van der Waals surface area contributed by atoms with Gasteiger partial charge in [-0.25, -0.2) is 0 Å². The highest BCUT2D eigenvalue weighted by atomic mass is 19.4. The number of nitrogens with zero attached hydrogens (tertiary/aromatic N) is 1. The van der Waals surface area contributed by atoms with E-state index in [-0.39, 0.29) is 18.1 Å². The molecule has 1 amide bonds. The molecule has 0 radical (unpaired) electrons. The van der Waals surface area contributed by atoms with Crippen LogP contribution in [0.25, 0.3) is 0 Å². The van der Waals surface area contributed by atoms with Crippen molar-refractivity contribution >= 4 is 5.91 Å². The minimum atomic E-state index is -4.77. The van der Waals surface area contributed by atoms with Gasteiger partial charge in [0.1, 0.15) is 0 Å². The Morgan fingerprint density at radius 3 is 2.16 bits per heavy atom. The molecule has 1 aromatic carbocycles. The predicted octanol–water partition coefficient (Wildman–Crippen LogP) is 5.12. The second-order valence-electron chi connectivity index (χ2n) is 7.90. The summed E-state index contributed by atoms with van der Waals surface area (Å²) < 4.78 is 79.6. The quantitative estimate of drug-likeness (QED) is 0.609. The lowest BCUT2D eigenvalue weighted by Gasteiger charge is -2.29. The number of aliphatic hydroxyl groups is 1. The van der Waals surface area contributed by atoms with Crippen molar-refractivity contribution in [1.82, 2.24) is 10.3 Å². The maximum Gasteiger partial charge on any atom is 0.418 e. The van der Waals surface area contributed by atoms with Crippen molar-refractivity contribution in [2.75, 3.05) is 6.61 Å². The number of rotatable bonds is 5. The Balaban J connectivity index is 1.95. The van der Waals surface area contributed by atoms with Crippen LogP contribution >= 0.6 is 0 Å². The Labute approximate surface area is 180 Å². The lowest BCUT2D eigenvalue weighted by atomic mass is 9.81. The van der Waals surface area contributed by atoms with E-state index in [0.717, 1.165) is 42.6 Å². The summed E-state index contributed by atoms with van der Waals surface area (Å²) in [5.74, 6) is -0.879. The van der Waals surface area contributed by atoms with Crippen LogP contribution in [-0.4, -0.2) is 22.6 Å². The largest absolute Gasteiger partial charge is 0.418 e. The van der Waals surface area contributed by atoms with E-state index in [4.69, 9.17) is 0 Å². The number of aromatic nitrogens is 1. The molecular formula is C22H22F6N2O2. The predicted molar refractivity (Wildman–Crippen MR) is 103 cm³/mol. The number of pyridine rings is 1. The number of aliphatic hydroxyl groups excluding tert-OH is 1. The van der Waals surface area contributed by atoms with Crippen molar-refractivity contribution in [3.8, 4) is 0 Å². The van der Waals surface area contributed by atoms with Gasteiger partial charge >= 0.3 is 12.4 Å². The van der Waals surface area contributed by atoms with Gasteiger partial charge in [-0.1, -0.05) is 12.1 Å². The molecule has 2 aromatic rings. The van der Waals surface area contributed by atoms with E-state index >= 15 is 0 Å². The van der Waals surface area contributed by atoms with Crippen molar-refractivity contribution in [1.29, 1.82) is 0 Å². The van der Waals surface area contributed by atoms with Gasteiger partial charge in [-0.3, -0.25) is 9.78 Å². The summed E-state index contributed by atoms with van der Waals surface area (Å²) in [5.41, 5.74) is -2.46. The number of nitrogens with one attached hydrogen (secondary N) is 1. The molecular weight excluding hydrogens is 438 g/mol. The van der Waals surface area contributed by atoms with Gasteiger partial charge in [0.05, 0.1) is 22.9 Å². The zero-order chi connectivity index (χ0) is 23.5. The zero-order valence-corrected chi connectivity index (χ0v) is 16.9. The van der Waals surface area contributed by atoms with Gasteiger partial charge in [-0.15, -0.1) is 0 Å². The summed E-state index contributed by atoms with van der Waals surface area (Å²) in [4.78, 5) is 16.7. The molecule has 1 saturated carbocycles. The maximum atomic E-state index is 13.6. The van der Waals surface area contributed by atoms with E-state index in [0.29, 0.717) is 25.7 Å². The summed E-state index contributed by atoms with van der Waals surface area (Å²) in [6.45, 7) is 0.00535. The van der Waals surface area contributed by atoms with Gasteiger partial charge in [0.25, 0.3) is 0 Å². The van der Waals surface area contributed by atoms with Gasteiger partial charge in [0.2, 0.25) is 5.91 Å². The highest BCUT2D eigenvalue weighted by Gasteiger charge is 2.38. The number of hydrogen-bond acceptors (Lipinski definition) is 3. The first-order chi connectivity index (χ1) is 15.0. The summed E-state index contributed by atoms with van der Waals surface area (Å²) >= 11 is 0. The third kappa shape index (κ3) is 5.59. The Kier molecular flexibility index (Phi) is 7.12. The van der Waals surface area contributed by atoms with Crippen LogP contribution in [0.2, 0.25) is 0 Å². The summed E-state index contributed by atoms with van der Waals surface area (Å²) in [7, 11) is 0. The van der Waals surface area contributed by atoms with Gasteiger partial charge < -0.3 is 10.4 Å². The summed E-state index contributed by atoms with van der Waals surface area (Å²) in [6.07, 6.45) is -6.09. The second-order valence-corrected chi connectivity index (χ2v) is 7.90. The Morgan fingerprint density at radius 1 is 1.00 bits per heavy atom. The fourth-order valence-corrected chi connectivity index (χ4v) is 3.93. The molecule has 174 valence electrons. The lowest BCUT2D eigenvalue weighted by Crippen LogP contribution is -2.37. The zero-order valence-electron chi connectivity index (χ0n) is 16.9. The molecule has 3 rings (SSSR count). The fourth-order valence-electron chi connectivity index (χ4n) is 3.93. The van der Waals surface area contributed by atoms with E-state index in [1.807, 2.05) is 0 Å². The monoisotopic (exact) mass is 460 g/mol. The van der Waals surface area contributed by atoms with Crippen molar-refractivity contribution in [2.45, 2.75) is 44.1 Å². The maximum absolute atomic E-state index is 13.6. The average molecular weight is 460 g/mol. The van der Waals surface area contributed by atoms with Crippen LogP contribution in [0, 0.1) is 11.8 Å². The van der Waals surface area contributed by atoms with E-state index < -0.39 is 47.0 Å². The average Bonchev–Trinajstić information content (AvgIpc) is 2.76. The normalized spacial score (nSPS) is 20.6. The third-order valence-electron chi connectivity index (χ3n) is 5.75. The molecule has 2 N–H and O–H groups in total. The Bertz CT molecular complexity index is 919. The van der Waals surface area contributed by atoms with Gasteiger partial charge in [0, 0.05) is 18.7 Å². The molecule has 0 unspecified atom stereocenters. The number of amides is 1. The molecule has 1 heterocycles. The fraction of sp³-hybridized carbons (Fsp3) is 0.455. The molecule has 1 aliphatic carbocycles. The minimum Gasteiger partial charge on any atom is -0.396 e. The topological polar surface area (TPSA) is 62.2 Å². The van der Waals surface area contributed by atoms with Gasteiger partial charge in [-0.2, -0.15) is 26.3 Å². The highest BCUT2D eigenvalue weighted by molar-refractivity contribution is 5.79. The molecule has 0 saturated heterocycles. The van der Waals surface area contributed by atoms with Gasteiger partial charge in [0.15, 0.2) is 0 Å². The SMILES string of the molecule is O=C(N[C@@H](c1ccc(C(F)(F)F)cc1)c1ncccc1C(F)(F)F)C1CCC(CO)CC1. The van der Waals surface area contributed by atoms with Crippen LogP contribution in [-0.2, 0) is 17.1 Å². The Hall–Kier alpha value is -2.62. The molecule has 10 heteroatoms. The number of alkyl halides is 6. The van der Waals surface area contributed by atoms with Crippen LogP contribution in [0.15, 0.2) is 42.6 Å². The molecule has 32 heavy (non-hydrogen) atoms. The Morgan fingerprint density at radius 2 is 1.62 bits per heavy atom. The number of benzene rings is 1. The summed E-state index contributed by atoms with van der Waals surface area (Å²) in [5, 5.41) is 11.8. The van der Waals surface area contributed by atoms with Crippen molar-refractivity contribution < 1.29 is 36.2 Å². The molecule has 1 fully saturated rings. The first-order valence-corrected chi connectivity index (χ1v) is 10.1. The van der Waals surface area contributed by atoms with Crippen LogP contribution < -0.4 is 5.32 Å². The van der Waals surface area contributed by atoms with E-state index in [1.165, 1.54) is 0 Å². The number of carbonyl (C=O) groups is 1. The van der Waals surface area contributed by atoms with Gasteiger partial charge in [-0.05, 0) is 61.4 Å². The van der Waals surface area contributed by atoms with E-state index in [9.17, 15) is 36.2 Å². The van der Waals surface area contributed by atoms with E-state index in [1.54, 1.807) is 0 Å².